The van der Waals surface area contributed by atoms with E-state index in [4.69, 9.17) is 4.74 Å². The maximum absolute atomic E-state index is 13.0. The van der Waals surface area contributed by atoms with Crippen LogP contribution in [-0.2, 0) is 6.42 Å². The van der Waals surface area contributed by atoms with Crippen molar-refractivity contribution in [3.05, 3.63) is 60.2 Å². The first-order valence-corrected chi connectivity index (χ1v) is 11.5. The van der Waals surface area contributed by atoms with Crippen LogP contribution in [0.15, 0.2) is 54.6 Å². The van der Waals surface area contributed by atoms with E-state index in [1.165, 1.54) is 19.3 Å². The van der Waals surface area contributed by atoms with Crippen molar-refractivity contribution in [2.75, 3.05) is 25.1 Å². The second-order valence-electron chi connectivity index (χ2n) is 8.09. The molecule has 2 amide bonds. The molecule has 0 aliphatic rings. The second-order valence-corrected chi connectivity index (χ2v) is 8.09. The summed E-state index contributed by atoms with van der Waals surface area (Å²) in [6, 6.07) is 14.2. The largest absolute Gasteiger partial charge is 0.491 e. The van der Waals surface area contributed by atoms with Gasteiger partial charge in [-0.2, -0.15) is 0 Å². The van der Waals surface area contributed by atoms with E-state index in [1.54, 1.807) is 4.90 Å². The normalized spacial score (nSPS) is 10.6. The molecule has 0 fully saturated rings. The second kappa shape index (κ2) is 12.8. The highest BCUT2D eigenvalue weighted by atomic mass is 16.5. The molecular formula is C27H38N2O2. The highest BCUT2D eigenvalue weighted by Crippen LogP contribution is 2.41. The summed E-state index contributed by atoms with van der Waals surface area (Å²) in [7, 11) is 1.82. The fraction of sp³-hybridized carbons (Fsp3) is 0.444. The van der Waals surface area contributed by atoms with Crippen LogP contribution < -0.4 is 15.0 Å². The summed E-state index contributed by atoms with van der Waals surface area (Å²) in [4.78, 5) is 14.7. The lowest BCUT2D eigenvalue weighted by Gasteiger charge is -2.26. The Morgan fingerprint density at radius 1 is 1.03 bits per heavy atom. The standard InChI is InChI=1S/C27H38N2O2/c1-6-8-9-10-14-19-28-27(30)29(5)25-24(22-15-12-11-13-16-22)18-17-23(20-21(3)4)26(25)31-7-2/h11-13,15-18H,3,6-10,14,19-20H2,1-2,4-5H3,(H,28,30). The van der Waals surface area contributed by atoms with E-state index in [-0.39, 0.29) is 6.03 Å². The Morgan fingerprint density at radius 2 is 1.74 bits per heavy atom. The van der Waals surface area contributed by atoms with E-state index in [2.05, 4.69) is 43.1 Å². The summed E-state index contributed by atoms with van der Waals surface area (Å²) >= 11 is 0. The number of hydrogen-bond donors (Lipinski definition) is 1. The van der Waals surface area contributed by atoms with Gasteiger partial charge in [0.15, 0.2) is 0 Å². The number of allylic oxidation sites excluding steroid dienone is 1. The van der Waals surface area contributed by atoms with Gasteiger partial charge in [-0.15, -0.1) is 0 Å². The van der Waals surface area contributed by atoms with Crippen LogP contribution in [0.1, 0.15) is 58.4 Å². The average molecular weight is 423 g/mol. The van der Waals surface area contributed by atoms with Gasteiger partial charge in [0.05, 0.1) is 12.3 Å². The summed E-state index contributed by atoms with van der Waals surface area (Å²) in [5.74, 6) is 0.757. The van der Waals surface area contributed by atoms with E-state index < -0.39 is 0 Å². The molecular weight excluding hydrogens is 384 g/mol. The summed E-state index contributed by atoms with van der Waals surface area (Å²) in [5.41, 5.74) is 4.94. The summed E-state index contributed by atoms with van der Waals surface area (Å²) in [6.07, 6.45) is 6.55. The number of urea groups is 1. The number of benzene rings is 2. The zero-order chi connectivity index (χ0) is 22.6. The van der Waals surface area contributed by atoms with Gasteiger partial charge in [0, 0.05) is 24.7 Å². The molecule has 2 aromatic rings. The Kier molecular flexibility index (Phi) is 10.2. The van der Waals surface area contributed by atoms with Gasteiger partial charge in [0.1, 0.15) is 5.75 Å². The molecule has 2 aromatic carbocycles. The number of nitrogens with one attached hydrogen (secondary N) is 1. The van der Waals surface area contributed by atoms with Crippen molar-refractivity contribution in [1.29, 1.82) is 0 Å². The first-order chi connectivity index (χ1) is 15.0. The van der Waals surface area contributed by atoms with Crippen molar-refractivity contribution in [3.63, 3.8) is 0 Å². The Labute approximate surface area is 188 Å². The third-order valence-electron chi connectivity index (χ3n) is 5.28. The molecule has 0 spiro atoms. The summed E-state index contributed by atoms with van der Waals surface area (Å²) < 4.78 is 6.11. The first kappa shape index (κ1) is 24.5. The van der Waals surface area contributed by atoms with Crippen molar-refractivity contribution >= 4 is 11.7 Å². The van der Waals surface area contributed by atoms with E-state index in [0.29, 0.717) is 19.6 Å². The lowest BCUT2D eigenvalue weighted by molar-refractivity contribution is 0.247. The van der Waals surface area contributed by atoms with Crippen LogP contribution in [0, 0.1) is 0 Å². The van der Waals surface area contributed by atoms with Crippen LogP contribution in [0.5, 0.6) is 5.75 Å². The first-order valence-electron chi connectivity index (χ1n) is 11.5. The molecule has 0 saturated carbocycles. The lowest BCUT2D eigenvalue weighted by atomic mass is 9.97. The van der Waals surface area contributed by atoms with Crippen LogP contribution in [-0.4, -0.2) is 26.2 Å². The monoisotopic (exact) mass is 422 g/mol. The molecule has 4 heteroatoms. The fourth-order valence-corrected chi connectivity index (χ4v) is 3.71. The molecule has 1 N–H and O–H groups in total. The SMILES string of the molecule is C=C(C)Cc1ccc(-c2ccccc2)c(N(C)C(=O)NCCCCCCC)c1OCC. The van der Waals surface area contributed by atoms with Gasteiger partial charge in [0.2, 0.25) is 0 Å². The van der Waals surface area contributed by atoms with Crippen molar-refractivity contribution in [2.24, 2.45) is 0 Å². The zero-order valence-electron chi connectivity index (χ0n) is 19.7. The minimum absolute atomic E-state index is 0.110. The fourth-order valence-electron chi connectivity index (χ4n) is 3.71. The van der Waals surface area contributed by atoms with Crippen LogP contribution in [0.25, 0.3) is 11.1 Å². The van der Waals surface area contributed by atoms with Crippen molar-refractivity contribution in [2.45, 2.75) is 59.3 Å². The topological polar surface area (TPSA) is 41.6 Å². The van der Waals surface area contributed by atoms with Gasteiger partial charge in [-0.1, -0.05) is 87.2 Å². The number of hydrogen-bond acceptors (Lipinski definition) is 2. The van der Waals surface area contributed by atoms with Crippen molar-refractivity contribution in [3.8, 4) is 16.9 Å². The van der Waals surface area contributed by atoms with Gasteiger partial charge in [-0.3, -0.25) is 4.90 Å². The molecule has 31 heavy (non-hydrogen) atoms. The lowest BCUT2D eigenvalue weighted by Crippen LogP contribution is -2.38. The van der Waals surface area contributed by atoms with Gasteiger partial charge in [-0.25, -0.2) is 4.79 Å². The molecule has 0 aliphatic carbocycles. The smallest absolute Gasteiger partial charge is 0.321 e. The van der Waals surface area contributed by atoms with Gasteiger partial charge < -0.3 is 10.1 Å². The third kappa shape index (κ3) is 7.16. The molecule has 0 unspecified atom stereocenters. The van der Waals surface area contributed by atoms with Crippen LogP contribution in [0.3, 0.4) is 0 Å². The molecule has 0 aliphatic heterocycles. The number of carbonyl (C=O) groups is 1. The molecule has 0 radical (unpaired) electrons. The summed E-state index contributed by atoms with van der Waals surface area (Å²) in [5, 5.41) is 3.08. The molecule has 0 aromatic heterocycles. The number of rotatable bonds is 12. The number of ether oxygens (including phenoxy) is 1. The van der Waals surface area contributed by atoms with Gasteiger partial charge in [-0.05, 0) is 32.3 Å². The van der Waals surface area contributed by atoms with Crippen LogP contribution in [0.2, 0.25) is 0 Å². The Bertz CT molecular complexity index is 846. The molecule has 168 valence electrons. The minimum Gasteiger partial charge on any atom is -0.491 e. The predicted octanol–water partition coefficient (Wildman–Crippen LogP) is 6.99. The van der Waals surface area contributed by atoms with Crippen molar-refractivity contribution in [1.82, 2.24) is 5.32 Å². The maximum atomic E-state index is 13.0. The van der Waals surface area contributed by atoms with Crippen LogP contribution in [0.4, 0.5) is 10.5 Å². The Morgan fingerprint density at radius 3 is 2.39 bits per heavy atom. The maximum Gasteiger partial charge on any atom is 0.321 e. The molecule has 0 atom stereocenters. The Balaban J connectivity index is 2.36. The Hall–Kier alpha value is -2.75. The van der Waals surface area contributed by atoms with E-state index >= 15 is 0 Å². The van der Waals surface area contributed by atoms with E-state index in [1.807, 2.05) is 39.1 Å². The van der Waals surface area contributed by atoms with Gasteiger partial charge in [0.25, 0.3) is 0 Å². The molecule has 0 saturated heterocycles. The van der Waals surface area contributed by atoms with Crippen LogP contribution >= 0.6 is 0 Å². The highest BCUT2D eigenvalue weighted by Gasteiger charge is 2.23. The predicted molar refractivity (Wildman–Crippen MR) is 132 cm³/mol. The molecule has 0 bridgehead atoms. The van der Waals surface area contributed by atoms with E-state index in [9.17, 15) is 4.79 Å². The number of anilines is 1. The minimum atomic E-state index is -0.110. The van der Waals surface area contributed by atoms with Gasteiger partial charge >= 0.3 is 6.03 Å². The molecule has 0 heterocycles. The quantitative estimate of drug-likeness (QED) is 0.296. The highest BCUT2D eigenvalue weighted by molar-refractivity contribution is 5.99. The number of unbranched alkanes of at least 4 members (excludes halogenated alkanes) is 4. The number of nitrogens with zero attached hydrogens (tertiary/aromatic N) is 1. The number of amides is 2. The molecule has 2 rings (SSSR count). The third-order valence-corrected chi connectivity index (χ3v) is 5.28. The number of carbonyl (C=O) groups excluding carboxylic acids is 1. The van der Waals surface area contributed by atoms with E-state index in [0.717, 1.165) is 46.5 Å². The molecule has 4 nitrogen and oxygen atoms in total. The zero-order valence-corrected chi connectivity index (χ0v) is 19.7. The van der Waals surface area contributed by atoms with Crippen molar-refractivity contribution < 1.29 is 9.53 Å². The summed E-state index contributed by atoms with van der Waals surface area (Å²) in [6.45, 7) is 11.5. The average Bonchev–Trinajstić information content (AvgIpc) is 2.76.